The number of aliphatic hydroxyl groups is 1. The molecule has 1 fully saturated rings. The Labute approximate surface area is 136 Å². The quantitative estimate of drug-likeness (QED) is 0.797. The monoisotopic (exact) mass is 354 g/mol. The lowest BCUT2D eigenvalue weighted by Crippen LogP contribution is -2.51. The number of ether oxygens (including phenoxy) is 1. The first-order valence-electron chi connectivity index (χ1n) is 7.38. The summed E-state index contributed by atoms with van der Waals surface area (Å²) in [5, 5.41) is 12.1. The highest BCUT2D eigenvalue weighted by Crippen LogP contribution is 2.40. The van der Waals surface area contributed by atoms with E-state index in [4.69, 9.17) is 9.84 Å². The van der Waals surface area contributed by atoms with Crippen molar-refractivity contribution in [2.75, 3.05) is 39.9 Å². The summed E-state index contributed by atoms with van der Waals surface area (Å²) in [5.74, 6) is -3.75. The Bertz CT molecular complexity index is 559. The number of rotatable bonds is 5. The summed E-state index contributed by atoms with van der Waals surface area (Å²) in [6.45, 7) is -0.111. The van der Waals surface area contributed by atoms with Crippen LogP contribution in [0.5, 0.6) is 5.75 Å². The van der Waals surface area contributed by atoms with Crippen LogP contribution in [0.25, 0.3) is 0 Å². The summed E-state index contributed by atoms with van der Waals surface area (Å²) in [6, 6.07) is 0.945. The Morgan fingerprint density at radius 2 is 1.79 bits per heavy atom. The molecule has 136 valence electrons. The molecule has 0 unspecified atom stereocenters. The van der Waals surface area contributed by atoms with Gasteiger partial charge in [-0.25, -0.2) is 8.78 Å². The molecular weight excluding hydrogens is 335 g/mol. The molecule has 0 saturated carbocycles. The second-order valence-electron chi connectivity index (χ2n) is 5.60. The number of hydrogen-bond acceptors (Lipinski definition) is 4. The molecule has 24 heavy (non-hydrogen) atoms. The lowest BCUT2D eigenvalue weighted by atomic mass is 9.96. The Kier molecular flexibility index (Phi) is 5.67. The molecule has 4 nitrogen and oxygen atoms in total. The first-order chi connectivity index (χ1) is 11.2. The number of hydrogen-bond donors (Lipinski definition) is 2. The van der Waals surface area contributed by atoms with Crippen LogP contribution in [0.3, 0.4) is 0 Å². The molecule has 1 heterocycles. The Balaban J connectivity index is 2.52. The number of benzene rings is 1. The van der Waals surface area contributed by atoms with Crippen LogP contribution >= 0.6 is 0 Å². The van der Waals surface area contributed by atoms with Crippen LogP contribution in [0, 0.1) is 0 Å². The topological polar surface area (TPSA) is 44.7 Å². The van der Waals surface area contributed by atoms with Crippen molar-refractivity contribution >= 4 is 0 Å². The number of halogens is 5. The van der Waals surface area contributed by atoms with Gasteiger partial charge in [-0.1, -0.05) is 0 Å². The van der Waals surface area contributed by atoms with Gasteiger partial charge in [0.2, 0.25) is 0 Å². The van der Waals surface area contributed by atoms with E-state index in [1.54, 1.807) is 0 Å². The van der Waals surface area contributed by atoms with Gasteiger partial charge >= 0.3 is 6.18 Å². The molecule has 0 radical (unpaired) electrons. The van der Waals surface area contributed by atoms with Crippen molar-refractivity contribution in [3.8, 4) is 5.75 Å². The molecule has 2 rings (SSSR count). The lowest BCUT2D eigenvalue weighted by molar-refractivity contribution is -0.138. The molecular formula is C15H19F5N2O2. The van der Waals surface area contributed by atoms with Gasteiger partial charge in [0.05, 0.1) is 12.7 Å². The molecule has 0 amide bonds. The first-order valence-corrected chi connectivity index (χ1v) is 7.38. The van der Waals surface area contributed by atoms with Gasteiger partial charge in [-0.15, -0.1) is 0 Å². The third kappa shape index (κ3) is 4.14. The maximum absolute atomic E-state index is 14.3. The zero-order valence-electron chi connectivity index (χ0n) is 13.0. The fraction of sp³-hybridized carbons (Fsp3) is 0.600. The van der Waals surface area contributed by atoms with Crippen LogP contribution in [0.1, 0.15) is 17.2 Å². The highest BCUT2D eigenvalue weighted by Gasteiger charge is 2.45. The minimum absolute atomic E-state index is 0.159. The zero-order valence-corrected chi connectivity index (χ0v) is 13.0. The second kappa shape index (κ2) is 7.20. The van der Waals surface area contributed by atoms with Gasteiger partial charge in [-0.3, -0.25) is 4.90 Å². The molecule has 1 atom stereocenters. The first kappa shape index (κ1) is 18.9. The molecule has 1 aliphatic rings. The van der Waals surface area contributed by atoms with Crippen LogP contribution in [0.15, 0.2) is 18.2 Å². The van der Waals surface area contributed by atoms with E-state index in [1.165, 1.54) is 12.0 Å². The van der Waals surface area contributed by atoms with E-state index in [2.05, 4.69) is 5.32 Å². The summed E-state index contributed by atoms with van der Waals surface area (Å²) in [7, 11) is 1.17. The lowest BCUT2D eigenvalue weighted by Gasteiger charge is -2.39. The van der Waals surface area contributed by atoms with Crippen molar-refractivity contribution in [1.29, 1.82) is 0 Å². The fourth-order valence-corrected chi connectivity index (χ4v) is 2.81. The summed E-state index contributed by atoms with van der Waals surface area (Å²) in [5.41, 5.74) is -1.30. The Morgan fingerprint density at radius 3 is 2.29 bits per heavy atom. The summed E-state index contributed by atoms with van der Waals surface area (Å²) in [6.07, 6.45) is -4.69. The third-order valence-corrected chi connectivity index (χ3v) is 3.94. The number of piperazine rings is 1. The Hall–Kier alpha value is -1.45. The summed E-state index contributed by atoms with van der Waals surface area (Å²) < 4.78 is 72.6. The van der Waals surface area contributed by atoms with E-state index in [0.717, 1.165) is 12.1 Å². The highest BCUT2D eigenvalue weighted by atomic mass is 19.4. The van der Waals surface area contributed by atoms with Crippen molar-refractivity contribution in [2.24, 2.45) is 0 Å². The largest absolute Gasteiger partial charge is 0.497 e. The number of alkyl halides is 5. The van der Waals surface area contributed by atoms with E-state index >= 15 is 0 Å². The van der Waals surface area contributed by atoms with Gasteiger partial charge in [-0.2, -0.15) is 13.2 Å². The van der Waals surface area contributed by atoms with Gasteiger partial charge in [0.15, 0.2) is 0 Å². The maximum atomic E-state index is 14.3. The molecule has 2 N–H and O–H groups in total. The van der Waals surface area contributed by atoms with E-state index < -0.39 is 30.3 Å². The molecule has 0 bridgehead atoms. The van der Waals surface area contributed by atoms with Crippen molar-refractivity contribution in [1.82, 2.24) is 10.2 Å². The molecule has 0 spiro atoms. The van der Waals surface area contributed by atoms with E-state index in [9.17, 15) is 22.0 Å². The standard InChI is InChI=1S/C15H19F5N2O2/c1-24-12-7-10(6-11(8-12)15(18,19)20)13(14(16,17)9-23)22-4-2-21-3-5-22/h6-8,13,21,23H,2-5,9H2,1H3/t13-/m0/s1. The molecule has 1 saturated heterocycles. The van der Waals surface area contributed by atoms with Gasteiger partial charge in [0, 0.05) is 26.2 Å². The van der Waals surface area contributed by atoms with E-state index in [0.29, 0.717) is 19.2 Å². The minimum Gasteiger partial charge on any atom is -0.497 e. The molecule has 1 aliphatic heterocycles. The van der Waals surface area contributed by atoms with Crippen molar-refractivity contribution in [3.05, 3.63) is 29.3 Å². The summed E-state index contributed by atoms with van der Waals surface area (Å²) >= 11 is 0. The number of methoxy groups -OCH3 is 1. The third-order valence-electron chi connectivity index (χ3n) is 3.94. The molecule has 9 heteroatoms. The van der Waals surface area contributed by atoms with E-state index in [1.807, 2.05) is 0 Å². The smallest absolute Gasteiger partial charge is 0.416 e. The van der Waals surface area contributed by atoms with E-state index in [-0.39, 0.29) is 24.4 Å². The average Bonchev–Trinajstić information content (AvgIpc) is 2.54. The van der Waals surface area contributed by atoms with Crippen LogP contribution in [-0.2, 0) is 6.18 Å². The highest BCUT2D eigenvalue weighted by molar-refractivity contribution is 5.38. The van der Waals surface area contributed by atoms with Gasteiger partial charge in [0.25, 0.3) is 5.92 Å². The van der Waals surface area contributed by atoms with Crippen molar-refractivity contribution in [3.63, 3.8) is 0 Å². The van der Waals surface area contributed by atoms with Gasteiger partial charge < -0.3 is 15.2 Å². The average molecular weight is 354 g/mol. The van der Waals surface area contributed by atoms with Gasteiger partial charge in [-0.05, 0) is 23.8 Å². The van der Waals surface area contributed by atoms with Crippen LogP contribution < -0.4 is 10.1 Å². The molecule has 0 aliphatic carbocycles. The predicted octanol–water partition coefficient (Wildman–Crippen LogP) is 2.29. The number of aliphatic hydroxyl groups excluding tert-OH is 1. The minimum atomic E-state index is -4.69. The summed E-state index contributed by atoms with van der Waals surface area (Å²) in [4.78, 5) is 1.38. The molecule has 1 aromatic carbocycles. The van der Waals surface area contributed by atoms with Crippen LogP contribution in [0.4, 0.5) is 22.0 Å². The molecule has 1 aromatic rings. The Morgan fingerprint density at radius 1 is 1.17 bits per heavy atom. The maximum Gasteiger partial charge on any atom is 0.416 e. The SMILES string of the molecule is COc1cc([C@H](N2CCNCC2)C(F)(F)CO)cc(C(F)(F)F)c1. The fourth-order valence-electron chi connectivity index (χ4n) is 2.81. The number of nitrogens with zero attached hydrogens (tertiary/aromatic N) is 1. The molecule has 0 aromatic heterocycles. The van der Waals surface area contributed by atoms with Crippen molar-refractivity contribution in [2.45, 2.75) is 18.1 Å². The van der Waals surface area contributed by atoms with Gasteiger partial charge in [0.1, 0.15) is 18.4 Å². The predicted molar refractivity (Wildman–Crippen MR) is 77.2 cm³/mol. The normalized spacial score (nSPS) is 18.5. The number of nitrogens with one attached hydrogen (secondary N) is 1. The van der Waals surface area contributed by atoms with Crippen molar-refractivity contribution < 1.29 is 31.8 Å². The second-order valence-corrected chi connectivity index (χ2v) is 5.60. The van der Waals surface area contributed by atoms with Crippen LogP contribution in [-0.4, -0.2) is 55.8 Å². The van der Waals surface area contributed by atoms with Crippen LogP contribution in [0.2, 0.25) is 0 Å². The zero-order chi connectivity index (χ0) is 18.0.